The number of rotatable bonds is 7. The third-order valence-corrected chi connectivity index (χ3v) is 3.11. The van der Waals surface area contributed by atoms with Gasteiger partial charge in [-0.25, -0.2) is 0 Å². The van der Waals surface area contributed by atoms with Crippen LogP contribution in [0.2, 0.25) is 0 Å². The number of ketones is 1. The van der Waals surface area contributed by atoms with E-state index in [9.17, 15) is 14.9 Å². The number of likely N-dealkylation sites (N-methyl/N-ethyl adjacent to an activating group) is 1. The molecule has 2 aromatic rings. The number of Topliss-reactive ketones (excluding diaryl/α,β-unsaturated/α-hetero) is 1. The van der Waals surface area contributed by atoms with Gasteiger partial charge in [0.1, 0.15) is 0 Å². The number of carbonyl (C=O) groups excluding carboxylic acids is 1. The average molecular weight is 288 g/mol. The monoisotopic (exact) mass is 288 g/mol. The van der Waals surface area contributed by atoms with Crippen molar-refractivity contribution >= 4 is 11.5 Å². The average Bonchev–Trinajstić information content (AvgIpc) is 2.97. The van der Waals surface area contributed by atoms with Crippen molar-refractivity contribution in [1.82, 2.24) is 14.9 Å². The number of pyridine rings is 1. The molecule has 0 saturated heterocycles. The SMILES string of the molecule is CCN(CC(=O)c1cc([N+](=O)[O-])c[nH]1)Cc1ccccn1. The summed E-state index contributed by atoms with van der Waals surface area (Å²) in [6.07, 6.45) is 2.93. The number of nitro groups is 1. The molecule has 0 aromatic carbocycles. The van der Waals surface area contributed by atoms with Crippen LogP contribution in [0.3, 0.4) is 0 Å². The zero-order valence-electron chi connectivity index (χ0n) is 11.7. The maximum Gasteiger partial charge on any atom is 0.287 e. The summed E-state index contributed by atoms with van der Waals surface area (Å²) in [4.78, 5) is 31.0. The maximum atomic E-state index is 12.1. The lowest BCUT2D eigenvalue weighted by Gasteiger charge is -2.18. The minimum atomic E-state index is -0.529. The molecule has 1 N–H and O–H groups in total. The Kier molecular flexibility index (Phi) is 4.78. The van der Waals surface area contributed by atoms with E-state index in [1.54, 1.807) is 6.20 Å². The molecule has 0 bridgehead atoms. The summed E-state index contributed by atoms with van der Waals surface area (Å²) < 4.78 is 0. The largest absolute Gasteiger partial charge is 0.353 e. The fraction of sp³-hybridized carbons (Fsp3) is 0.286. The second-order valence-electron chi connectivity index (χ2n) is 4.58. The van der Waals surface area contributed by atoms with Crippen LogP contribution in [0.5, 0.6) is 0 Å². The fourth-order valence-electron chi connectivity index (χ4n) is 1.94. The molecule has 2 aromatic heterocycles. The Hall–Kier alpha value is -2.54. The van der Waals surface area contributed by atoms with E-state index in [1.165, 1.54) is 12.3 Å². The lowest BCUT2D eigenvalue weighted by atomic mass is 10.2. The number of hydrogen-bond donors (Lipinski definition) is 1. The Morgan fingerprint density at radius 2 is 2.29 bits per heavy atom. The summed E-state index contributed by atoms with van der Waals surface area (Å²) in [6, 6.07) is 6.89. The molecule has 0 amide bonds. The van der Waals surface area contributed by atoms with Gasteiger partial charge in [-0.2, -0.15) is 0 Å². The Balaban J connectivity index is 2.00. The van der Waals surface area contributed by atoms with Gasteiger partial charge in [0.05, 0.1) is 29.1 Å². The highest BCUT2D eigenvalue weighted by Gasteiger charge is 2.17. The Bertz CT molecular complexity index is 624. The van der Waals surface area contributed by atoms with Gasteiger partial charge in [-0.1, -0.05) is 13.0 Å². The first-order chi connectivity index (χ1) is 10.1. The number of H-pyrrole nitrogens is 1. The van der Waals surface area contributed by atoms with Crippen molar-refractivity contribution in [1.29, 1.82) is 0 Å². The van der Waals surface area contributed by atoms with Gasteiger partial charge in [0.25, 0.3) is 5.69 Å². The van der Waals surface area contributed by atoms with Gasteiger partial charge in [0.2, 0.25) is 0 Å². The quantitative estimate of drug-likeness (QED) is 0.478. The normalized spacial score (nSPS) is 10.8. The molecule has 7 nitrogen and oxygen atoms in total. The maximum absolute atomic E-state index is 12.1. The van der Waals surface area contributed by atoms with Crippen LogP contribution in [0, 0.1) is 10.1 Å². The van der Waals surface area contributed by atoms with Crippen molar-refractivity contribution in [3.05, 3.63) is 58.2 Å². The lowest BCUT2D eigenvalue weighted by Crippen LogP contribution is -2.29. The highest BCUT2D eigenvalue weighted by atomic mass is 16.6. The van der Waals surface area contributed by atoms with Crippen LogP contribution in [0.4, 0.5) is 5.69 Å². The predicted molar refractivity (Wildman–Crippen MR) is 77.0 cm³/mol. The zero-order chi connectivity index (χ0) is 15.2. The number of aromatic amines is 1. The molecule has 21 heavy (non-hydrogen) atoms. The van der Waals surface area contributed by atoms with Crippen LogP contribution in [-0.4, -0.2) is 38.7 Å². The second kappa shape index (κ2) is 6.76. The van der Waals surface area contributed by atoms with Crippen LogP contribution >= 0.6 is 0 Å². The van der Waals surface area contributed by atoms with Gasteiger partial charge in [-0.15, -0.1) is 0 Å². The van der Waals surface area contributed by atoms with E-state index in [0.717, 1.165) is 5.69 Å². The van der Waals surface area contributed by atoms with Gasteiger partial charge in [0.15, 0.2) is 5.78 Å². The summed E-state index contributed by atoms with van der Waals surface area (Å²) in [5.74, 6) is -0.180. The molecular weight excluding hydrogens is 272 g/mol. The van der Waals surface area contributed by atoms with E-state index >= 15 is 0 Å². The van der Waals surface area contributed by atoms with Gasteiger partial charge >= 0.3 is 0 Å². The smallest absolute Gasteiger partial charge is 0.287 e. The molecule has 0 aliphatic heterocycles. The molecule has 0 atom stereocenters. The summed E-state index contributed by atoms with van der Waals surface area (Å²) in [5.41, 5.74) is 1.02. The molecule has 0 spiro atoms. The van der Waals surface area contributed by atoms with Gasteiger partial charge in [-0.05, 0) is 18.7 Å². The highest BCUT2D eigenvalue weighted by molar-refractivity contribution is 5.96. The van der Waals surface area contributed by atoms with Gasteiger partial charge in [-0.3, -0.25) is 24.8 Å². The van der Waals surface area contributed by atoms with Crippen molar-refractivity contribution in [2.45, 2.75) is 13.5 Å². The van der Waals surface area contributed by atoms with Crippen molar-refractivity contribution in [3.63, 3.8) is 0 Å². The molecule has 0 aliphatic rings. The molecule has 0 radical (unpaired) electrons. The fourth-order valence-corrected chi connectivity index (χ4v) is 1.94. The zero-order valence-corrected chi connectivity index (χ0v) is 11.7. The summed E-state index contributed by atoms with van der Waals surface area (Å²) in [7, 11) is 0. The van der Waals surface area contributed by atoms with Gasteiger partial charge in [0, 0.05) is 18.8 Å². The first-order valence-corrected chi connectivity index (χ1v) is 6.58. The number of nitrogens with zero attached hydrogens (tertiary/aromatic N) is 3. The predicted octanol–water partition coefficient (Wildman–Crippen LogP) is 2.02. The van der Waals surface area contributed by atoms with Gasteiger partial charge < -0.3 is 4.98 Å². The van der Waals surface area contributed by atoms with E-state index in [4.69, 9.17) is 0 Å². The van der Waals surface area contributed by atoms with E-state index in [0.29, 0.717) is 13.1 Å². The third kappa shape index (κ3) is 3.96. The summed E-state index contributed by atoms with van der Waals surface area (Å²) in [6.45, 7) is 3.38. The van der Waals surface area contributed by atoms with E-state index in [-0.39, 0.29) is 23.7 Å². The molecule has 0 fully saturated rings. The van der Waals surface area contributed by atoms with Crippen molar-refractivity contribution in [3.8, 4) is 0 Å². The molecule has 0 aliphatic carbocycles. The summed E-state index contributed by atoms with van der Waals surface area (Å²) >= 11 is 0. The molecule has 2 rings (SSSR count). The molecule has 0 unspecified atom stereocenters. The van der Waals surface area contributed by atoms with Crippen molar-refractivity contribution in [2.24, 2.45) is 0 Å². The van der Waals surface area contributed by atoms with E-state index in [2.05, 4.69) is 9.97 Å². The van der Waals surface area contributed by atoms with Crippen molar-refractivity contribution in [2.75, 3.05) is 13.1 Å². The number of carbonyl (C=O) groups is 1. The van der Waals surface area contributed by atoms with Crippen LogP contribution < -0.4 is 0 Å². The van der Waals surface area contributed by atoms with Crippen LogP contribution in [0.25, 0.3) is 0 Å². The topological polar surface area (TPSA) is 92.1 Å². The number of hydrogen-bond acceptors (Lipinski definition) is 5. The third-order valence-electron chi connectivity index (χ3n) is 3.11. The number of nitrogens with one attached hydrogen (secondary N) is 1. The Morgan fingerprint density at radius 3 is 2.86 bits per heavy atom. The highest BCUT2D eigenvalue weighted by Crippen LogP contribution is 2.13. The standard InChI is InChI=1S/C14H16N4O3/c1-2-17(9-11-5-3-4-6-15-11)10-14(19)13-7-12(8-16-13)18(20)21/h3-8,16H,2,9-10H2,1H3. The van der Waals surface area contributed by atoms with E-state index in [1.807, 2.05) is 30.0 Å². The minimum Gasteiger partial charge on any atom is -0.353 e. The van der Waals surface area contributed by atoms with Crippen molar-refractivity contribution < 1.29 is 9.72 Å². The van der Waals surface area contributed by atoms with E-state index < -0.39 is 4.92 Å². The Morgan fingerprint density at radius 1 is 1.48 bits per heavy atom. The number of aromatic nitrogens is 2. The van der Waals surface area contributed by atoms with Crippen LogP contribution in [0.15, 0.2) is 36.7 Å². The first-order valence-electron chi connectivity index (χ1n) is 6.58. The van der Waals surface area contributed by atoms with Crippen LogP contribution in [0.1, 0.15) is 23.1 Å². The molecule has 7 heteroatoms. The molecule has 2 heterocycles. The molecular formula is C14H16N4O3. The molecule has 0 saturated carbocycles. The summed E-state index contributed by atoms with van der Waals surface area (Å²) in [5, 5.41) is 10.6. The Labute approximate surface area is 121 Å². The first kappa shape index (κ1) is 14.9. The molecule has 110 valence electrons. The second-order valence-corrected chi connectivity index (χ2v) is 4.58. The van der Waals surface area contributed by atoms with Crippen LogP contribution in [-0.2, 0) is 6.54 Å². The minimum absolute atomic E-state index is 0.105. The lowest BCUT2D eigenvalue weighted by molar-refractivity contribution is -0.384.